The molecule has 6 rings (SSSR count). The fourth-order valence-electron chi connectivity index (χ4n) is 4.25. The molecule has 0 saturated carbocycles. The predicted molar refractivity (Wildman–Crippen MR) is 163 cm³/mol. The van der Waals surface area contributed by atoms with Gasteiger partial charge < -0.3 is 10.6 Å². The molecule has 2 N–H and O–H groups in total. The lowest BCUT2D eigenvalue weighted by Gasteiger charge is -2.12. The van der Waals surface area contributed by atoms with E-state index in [9.17, 15) is 9.59 Å². The van der Waals surface area contributed by atoms with E-state index in [2.05, 4.69) is 41.7 Å². The topological polar surface area (TPSA) is 102 Å². The van der Waals surface area contributed by atoms with Crippen LogP contribution in [0, 0.1) is 0 Å². The van der Waals surface area contributed by atoms with Gasteiger partial charge in [-0.3, -0.25) is 14.2 Å². The van der Waals surface area contributed by atoms with Crippen molar-refractivity contribution in [3.05, 3.63) is 107 Å². The number of fused-ring (bicyclic) bond motifs is 2. The highest BCUT2D eigenvalue weighted by Crippen LogP contribution is 2.27. The van der Waals surface area contributed by atoms with Gasteiger partial charge in [0.2, 0.25) is 5.91 Å². The monoisotopic (exact) mass is 628 g/mol. The van der Waals surface area contributed by atoms with Gasteiger partial charge in [0.05, 0.1) is 22.5 Å². The zero-order valence-electron chi connectivity index (χ0n) is 20.9. The van der Waals surface area contributed by atoms with E-state index in [0.29, 0.717) is 21.7 Å². The first-order valence-electron chi connectivity index (χ1n) is 12.3. The number of nitrogens with one attached hydrogen (secondary N) is 2. The molecule has 40 heavy (non-hydrogen) atoms. The number of benzene rings is 4. The SMILES string of the molecule is O=C(CSc1nnc(CNC(=O)c2cccc3ccccc23)n1-c1ccc(Br)cc1)Nc1nc2ccccc2s1. The van der Waals surface area contributed by atoms with E-state index in [4.69, 9.17) is 0 Å². The molecule has 2 amide bonds. The molecular weight excluding hydrogens is 608 g/mol. The number of carbonyl (C=O) groups excluding carboxylic acids is 2. The van der Waals surface area contributed by atoms with E-state index in [1.54, 1.807) is 0 Å². The number of aromatic nitrogens is 4. The number of thiazole rings is 1. The Hall–Kier alpha value is -4.06. The summed E-state index contributed by atoms with van der Waals surface area (Å²) in [5, 5.41) is 17.5. The summed E-state index contributed by atoms with van der Waals surface area (Å²) >= 11 is 6.17. The summed E-state index contributed by atoms with van der Waals surface area (Å²) < 4.78 is 3.79. The highest BCUT2D eigenvalue weighted by Gasteiger charge is 2.18. The number of halogens is 1. The Morgan fingerprint density at radius 1 is 0.900 bits per heavy atom. The van der Waals surface area contributed by atoms with Crippen molar-refractivity contribution in [1.29, 1.82) is 0 Å². The average Bonchev–Trinajstić information content (AvgIpc) is 3.58. The first-order chi connectivity index (χ1) is 19.5. The molecule has 0 atom stereocenters. The van der Waals surface area contributed by atoms with E-state index < -0.39 is 0 Å². The molecule has 0 radical (unpaired) electrons. The van der Waals surface area contributed by atoms with Gasteiger partial charge in [-0.1, -0.05) is 87.6 Å². The van der Waals surface area contributed by atoms with E-state index >= 15 is 0 Å². The number of hydrogen-bond donors (Lipinski definition) is 2. The van der Waals surface area contributed by atoms with Crippen molar-refractivity contribution < 1.29 is 9.59 Å². The Morgan fingerprint density at radius 3 is 2.52 bits per heavy atom. The largest absolute Gasteiger partial charge is 0.345 e. The first kappa shape index (κ1) is 26.2. The van der Waals surface area contributed by atoms with Crippen LogP contribution in [-0.4, -0.2) is 37.3 Å². The van der Waals surface area contributed by atoms with Gasteiger partial charge in [-0.2, -0.15) is 0 Å². The fraction of sp³-hybridized carbons (Fsp3) is 0.0690. The van der Waals surface area contributed by atoms with Gasteiger partial charge >= 0.3 is 0 Å². The Bertz CT molecular complexity index is 1810. The fourth-order valence-corrected chi connectivity index (χ4v) is 6.16. The molecule has 0 fully saturated rings. The Morgan fingerprint density at radius 2 is 1.68 bits per heavy atom. The van der Waals surface area contributed by atoms with Crippen LogP contribution in [0.2, 0.25) is 0 Å². The van der Waals surface area contributed by atoms with Crippen molar-refractivity contribution >= 4 is 77.0 Å². The van der Waals surface area contributed by atoms with Gasteiger partial charge in [0.15, 0.2) is 16.1 Å². The molecule has 0 saturated heterocycles. The molecule has 198 valence electrons. The molecule has 2 heterocycles. The van der Waals surface area contributed by atoms with Gasteiger partial charge in [0.25, 0.3) is 5.91 Å². The molecule has 6 aromatic rings. The minimum atomic E-state index is -0.202. The van der Waals surface area contributed by atoms with Crippen LogP contribution in [0.25, 0.3) is 26.7 Å². The minimum absolute atomic E-state index is 0.118. The highest BCUT2D eigenvalue weighted by molar-refractivity contribution is 9.10. The van der Waals surface area contributed by atoms with Gasteiger partial charge in [-0.25, -0.2) is 4.98 Å². The first-order valence-corrected chi connectivity index (χ1v) is 14.9. The van der Waals surface area contributed by atoms with Crippen molar-refractivity contribution in [2.45, 2.75) is 11.7 Å². The third-order valence-electron chi connectivity index (χ3n) is 6.10. The molecule has 0 spiro atoms. The highest BCUT2D eigenvalue weighted by atomic mass is 79.9. The van der Waals surface area contributed by atoms with Gasteiger partial charge in [0, 0.05) is 15.7 Å². The Kier molecular flexibility index (Phi) is 7.58. The van der Waals surface area contributed by atoms with Crippen molar-refractivity contribution in [1.82, 2.24) is 25.1 Å². The summed E-state index contributed by atoms with van der Waals surface area (Å²) in [6, 6.07) is 28.9. The smallest absolute Gasteiger partial charge is 0.252 e. The molecule has 8 nitrogen and oxygen atoms in total. The maximum Gasteiger partial charge on any atom is 0.252 e. The van der Waals surface area contributed by atoms with Crippen LogP contribution >= 0.6 is 39.0 Å². The normalized spacial score (nSPS) is 11.1. The van der Waals surface area contributed by atoms with E-state index in [1.165, 1.54) is 23.1 Å². The number of anilines is 1. The third kappa shape index (κ3) is 5.62. The summed E-state index contributed by atoms with van der Waals surface area (Å²) in [4.78, 5) is 30.4. The quantitative estimate of drug-likeness (QED) is 0.188. The van der Waals surface area contributed by atoms with Gasteiger partial charge in [-0.15, -0.1) is 10.2 Å². The van der Waals surface area contributed by atoms with Crippen LogP contribution in [-0.2, 0) is 11.3 Å². The van der Waals surface area contributed by atoms with E-state index in [-0.39, 0.29) is 24.1 Å². The van der Waals surface area contributed by atoms with Crippen LogP contribution in [0.3, 0.4) is 0 Å². The predicted octanol–water partition coefficient (Wildman–Crippen LogP) is 6.45. The molecule has 4 aromatic carbocycles. The van der Waals surface area contributed by atoms with Crippen molar-refractivity contribution in [3.8, 4) is 5.69 Å². The Balaban J connectivity index is 1.20. The number of nitrogens with zero attached hydrogens (tertiary/aromatic N) is 4. The maximum absolute atomic E-state index is 13.1. The van der Waals surface area contributed by atoms with Crippen LogP contribution < -0.4 is 10.6 Å². The number of rotatable bonds is 8. The summed E-state index contributed by atoms with van der Waals surface area (Å²) in [5.74, 6) is 0.268. The van der Waals surface area contributed by atoms with E-state index in [1.807, 2.05) is 95.6 Å². The summed E-state index contributed by atoms with van der Waals surface area (Å²) in [5.41, 5.74) is 2.26. The van der Waals surface area contributed by atoms with Crippen LogP contribution in [0.4, 0.5) is 5.13 Å². The Labute approximate surface area is 246 Å². The molecular formula is C29H21BrN6O2S2. The van der Waals surface area contributed by atoms with Crippen molar-refractivity contribution in [2.75, 3.05) is 11.1 Å². The average molecular weight is 630 g/mol. The van der Waals surface area contributed by atoms with Crippen LogP contribution in [0.1, 0.15) is 16.2 Å². The second kappa shape index (κ2) is 11.6. The second-order valence-electron chi connectivity index (χ2n) is 8.74. The summed E-state index contributed by atoms with van der Waals surface area (Å²) in [6.45, 7) is 0.156. The van der Waals surface area contributed by atoms with E-state index in [0.717, 1.165) is 31.1 Å². The molecule has 0 aliphatic heterocycles. The molecule has 0 aliphatic rings. The lowest BCUT2D eigenvalue weighted by Crippen LogP contribution is -2.25. The molecule has 0 unspecified atom stereocenters. The third-order valence-corrected chi connectivity index (χ3v) is 8.51. The summed E-state index contributed by atoms with van der Waals surface area (Å²) in [7, 11) is 0. The molecule has 2 aromatic heterocycles. The number of hydrogen-bond acceptors (Lipinski definition) is 7. The zero-order valence-corrected chi connectivity index (χ0v) is 24.1. The molecule has 0 aliphatic carbocycles. The zero-order chi connectivity index (χ0) is 27.5. The molecule has 11 heteroatoms. The minimum Gasteiger partial charge on any atom is -0.345 e. The number of carbonyl (C=O) groups is 2. The number of thioether (sulfide) groups is 1. The number of amides is 2. The van der Waals surface area contributed by atoms with Gasteiger partial charge in [-0.05, 0) is 53.2 Å². The summed E-state index contributed by atoms with van der Waals surface area (Å²) in [6.07, 6.45) is 0. The van der Waals surface area contributed by atoms with Crippen molar-refractivity contribution in [2.24, 2.45) is 0 Å². The van der Waals surface area contributed by atoms with Gasteiger partial charge in [0.1, 0.15) is 0 Å². The standard InChI is InChI=1S/C29H21BrN6O2S2/c30-19-12-14-20(15-13-19)36-25(16-31-27(38)22-9-5-7-18-6-1-2-8-21(18)22)34-35-29(36)39-17-26(37)33-28-32-23-10-3-4-11-24(23)40-28/h1-15H,16-17H2,(H,31,38)(H,32,33,37). The second-order valence-corrected chi connectivity index (χ2v) is 11.6. The number of para-hydroxylation sites is 1. The van der Waals surface area contributed by atoms with Crippen LogP contribution in [0.15, 0.2) is 101 Å². The van der Waals surface area contributed by atoms with Crippen molar-refractivity contribution in [3.63, 3.8) is 0 Å². The van der Waals surface area contributed by atoms with Crippen LogP contribution in [0.5, 0.6) is 0 Å². The lowest BCUT2D eigenvalue weighted by atomic mass is 10.0. The lowest BCUT2D eigenvalue weighted by molar-refractivity contribution is -0.113. The maximum atomic E-state index is 13.1. The molecule has 0 bridgehead atoms.